The van der Waals surface area contributed by atoms with Crippen molar-refractivity contribution in [1.82, 2.24) is 5.32 Å². The Hall–Kier alpha value is -2.44. The maximum Gasteiger partial charge on any atom is 0.326 e. The van der Waals surface area contributed by atoms with E-state index in [4.69, 9.17) is 5.11 Å². The number of amides is 1. The second-order valence-corrected chi connectivity index (χ2v) is 4.03. The molecule has 7 heteroatoms. The van der Waals surface area contributed by atoms with Gasteiger partial charge in [-0.2, -0.15) is 0 Å². The van der Waals surface area contributed by atoms with Crippen LogP contribution in [0.2, 0.25) is 0 Å². The molecule has 0 saturated carbocycles. The molecule has 0 saturated heterocycles. The first-order chi connectivity index (χ1) is 8.86. The van der Waals surface area contributed by atoms with Crippen LogP contribution < -0.4 is 5.32 Å². The molecule has 0 spiro atoms. The van der Waals surface area contributed by atoms with Crippen molar-refractivity contribution in [2.45, 2.75) is 26.3 Å². The molecule has 1 rings (SSSR count). The second kappa shape index (κ2) is 5.94. The fourth-order valence-electron chi connectivity index (χ4n) is 1.53. The van der Waals surface area contributed by atoms with E-state index in [2.05, 4.69) is 5.32 Å². The van der Waals surface area contributed by atoms with E-state index in [0.717, 1.165) is 6.07 Å². The predicted octanol–water partition coefficient (Wildman–Crippen LogP) is 1.50. The molecule has 0 aliphatic rings. The summed E-state index contributed by atoms with van der Waals surface area (Å²) < 4.78 is 0. The van der Waals surface area contributed by atoms with E-state index in [0.29, 0.717) is 5.56 Å². The summed E-state index contributed by atoms with van der Waals surface area (Å²) >= 11 is 0. The van der Waals surface area contributed by atoms with Gasteiger partial charge in [0.15, 0.2) is 0 Å². The number of nitrogens with zero attached hydrogens (tertiary/aromatic N) is 1. The minimum Gasteiger partial charge on any atom is -0.480 e. The summed E-state index contributed by atoms with van der Waals surface area (Å²) in [5, 5.41) is 21.9. The van der Waals surface area contributed by atoms with Crippen molar-refractivity contribution < 1.29 is 19.6 Å². The number of nitro benzene ring substituents is 1. The highest BCUT2D eigenvalue weighted by Crippen LogP contribution is 2.19. The van der Waals surface area contributed by atoms with Crippen LogP contribution in [0.25, 0.3) is 0 Å². The minimum absolute atomic E-state index is 0.0667. The van der Waals surface area contributed by atoms with Gasteiger partial charge in [0.25, 0.3) is 11.6 Å². The van der Waals surface area contributed by atoms with Gasteiger partial charge in [0, 0.05) is 17.2 Å². The molecule has 7 nitrogen and oxygen atoms in total. The number of aliphatic carboxylic acids is 1. The molecular weight excluding hydrogens is 252 g/mol. The van der Waals surface area contributed by atoms with Crippen LogP contribution in [0.15, 0.2) is 18.2 Å². The Kier molecular flexibility index (Phi) is 4.57. The summed E-state index contributed by atoms with van der Waals surface area (Å²) in [6.45, 7) is 3.18. The van der Waals surface area contributed by atoms with Gasteiger partial charge in [0.1, 0.15) is 6.04 Å². The molecule has 0 radical (unpaired) electrons. The summed E-state index contributed by atoms with van der Waals surface area (Å²) in [5.74, 6) is -1.78. The zero-order valence-corrected chi connectivity index (χ0v) is 10.5. The van der Waals surface area contributed by atoms with E-state index in [9.17, 15) is 19.7 Å². The summed E-state index contributed by atoms with van der Waals surface area (Å²) in [6.07, 6.45) is 0.231. The monoisotopic (exact) mass is 266 g/mol. The van der Waals surface area contributed by atoms with Crippen molar-refractivity contribution in [3.63, 3.8) is 0 Å². The molecule has 0 aromatic heterocycles. The smallest absolute Gasteiger partial charge is 0.326 e. The van der Waals surface area contributed by atoms with Crippen molar-refractivity contribution in [2.24, 2.45) is 0 Å². The van der Waals surface area contributed by atoms with Crippen LogP contribution in [0, 0.1) is 17.0 Å². The molecule has 0 bridgehead atoms. The highest BCUT2D eigenvalue weighted by Gasteiger charge is 2.20. The van der Waals surface area contributed by atoms with Crippen molar-refractivity contribution in [3.8, 4) is 0 Å². The SMILES string of the molecule is CC[C@H](NC(=O)c1ccc(C)c([N+](=O)[O-])c1)C(=O)O. The van der Waals surface area contributed by atoms with Crippen molar-refractivity contribution in [2.75, 3.05) is 0 Å². The van der Waals surface area contributed by atoms with Gasteiger partial charge in [-0.25, -0.2) is 4.79 Å². The van der Waals surface area contributed by atoms with Crippen molar-refractivity contribution in [3.05, 3.63) is 39.4 Å². The molecule has 19 heavy (non-hydrogen) atoms. The molecule has 0 aliphatic carbocycles. The molecule has 0 heterocycles. The Morgan fingerprint density at radius 1 is 1.47 bits per heavy atom. The highest BCUT2D eigenvalue weighted by molar-refractivity contribution is 5.97. The maximum atomic E-state index is 11.8. The lowest BCUT2D eigenvalue weighted by Crippen LogP contribution is -2.40. The lowest BCUT2D eigenvalue weighted by atomic mass is 10.1. The largest absolute Gasteiger partial charge is 0.480 e. The zero-order valence-electron chi connectivity index (χ0n) is 10.5. The number of carbonyl (C=O) groups is 2. The Morgan fingerprint density at radius 3 is 2.58 bits per heavy atom. The van der Waals surface area contributed by atoms with E-state index < -0.39 is 22.8 Å². The first-order valence-corrected chi connectivity index (χ1v) is 5.65. The van der Waals surface area contributed by atoms with Crippen molar-refractivity contribution >= 4 is 17.6 Å². The van der Waals surface area contributed by atoms with Crippen LogP contribution in [0.4, 0.5) is 5.69 Å². The van der Waals surface area contributed by atoms with Gasteiger partial charge in [0.2, 0.25) is 0 Å². The van der Waals surface area contributed by atoms with Crippen molar-refractivity contribution in [1.29, 1.82) is 0 Å². The summed E-state index contributed by atoms with van der Waals surface area (Å²) in [7, 11) is 0. The van der Waals surface area contributed by atoms with Crippen LogP contribution in [-0.2, 0) is 4.79 Å². The summed E-state index contributed by atoms with van der Waals surface area (Å²) in [4.78, 5) is 32.8. The van der Waals surface area contributed by atoms with Gasteiger partial charge >= 0.3 is 5.97 Å². The zero-order chi connectivity index (χ0) is 14.6. The van der Waals surface area contributed by atoms with E-state index in [1.807, 2.05) is 0 Å². The molecule has 1 atom stereocenters. The Morgan fingerprint density at radius 2 is 2.11 bits per heavy atom. The number of hydrogen-bond acceptors (Lipinski definition) is 4. The fourth-order valence-corrected chi connectivity index (χ4v) is 1.53. The highest BCUT2D eigenvalue weighted by atomic mass is 16.6. The summed E-state index contributed by atoms with van der Waals surface area (Å²) in [6, 6.07) is 3.01. The normalized spacial score (nSPS) is 11.7. The molecule has 0 unspecified atom stereocenters. The first-order valence-electron chi connectivity index (χ1n) is 5.65. The maximum absolute atomic E-state index is 11.8. The number of carboxylic acids is 1. The predicted molar refractivity (Wildman–Crippen MR) is 67.0 cm³/mol. The Labute approximate surface area is 109 Å². The number of aryl methyl sites for hydroxylation is 1. The molecule has 0 aliphatic heterocycles. The standard InChI is InChI=1S/C12H14N2O5/c1-3-9(12(16)17)13-11(15)8-5-4-7(2)10(6-8)14(18)19/h4-6,9H,3H2,1-2H3,(H,13,15)(H,16,17)/t9-/m0/s1. The molecule has 102 valence electrons. The first kappa shape index (κ1) is 14.6. The number of benzene rings is 1. The average molecular weight is 266 g/mol. The van der Waals surface area contributed by atoms with Crippen LogP contribution in [0.3, 0.4) is 0 Å². The fraction of sp³-hybridized carbons (Fsp3) is 0.333. The molecular formula is C12H14N2O5. The Balaban J connectivity index is 2.97. The summed E-state index contributed by atoms with van der Waals surface area (Å²) in [5.41, 5.74) is 0.333. The third kappa shape index (κ3) is 3.51. The number of nitro groups is 1. The van der Waals surface area contributed by atoms with Crippen LogP contribution >= 0.6 is 0 Å². The molecule has 1 aromatic carbocycles. The van der Waals surface area contributed by atoms with Gasteiger partial charge < -0.3 is 10.4 Å². The van der Waals surface area contributed by atoms with Gasteiger partial charge in [0.05, 0.1) is 4.92 Å². The number of hydrogen-bond donors (Lipinski definition) is 2. The third-order valence-electron chi connectivity index (χ3n) is 2.68. The number of nitrogens with one attached hydrogen (secondary N) is 1. The quantitative estimate of drug-likeness (QED) is 0.619. The van der Waals surface area contributed by atoms with Crippen LogP contribution in [-0.4, -0.2) is 27.9 Å². The topological polar surface area (TPSA) is 110 Å². The van der Waals surface area contributed by atoms with E-state index in [1.165, 1.54) is 12.1 Å². The second-order valence-electron chi connectivity index (χ2n) is 4.03. The molecule has 1 aromatic rings. The number of carboxylic acid groups (broad SMARTS) is 1. The number of rotatable bonds is 5. The lowest BCUT2D eigenvalue weighted by Gasteiger charge is -2.12. The van der Waals surface area contributed by atoms with E-state index in [-0.39, 0.29) is 17.7 Å². The van der Waals surface area contributed by atoms with Gasteiger partial charge in [-0.3, -0.25) is 14.9 Å². The third-order valence-corrected chi connectivity index (χ3v) is 2.68. The molecule has 1 amide bonds. The molecule has 2 N–H and O–H groups in total. The van der Waals surface area contributed by atoms with Gasteiger partial charge in [-0.15, -0.1) is 0 Å². The van der Waals surface area contributed by atoms with Crippen LogP contribution in [0.1, 0.15) is 29.3 Å². The van der Waals surface area contributed by atoms with E-state index in [1.54, 1.807) is 13.8 Å². The molecule has 0 fully saturated rings. The van der Waals surface area contributed by atoms with E-state index >= 15 is 0 Å². The lowest BCUT2D eigenvalue weighted by molar-refractivity contribution is -0.385. The number of carbonyl (C=O) groups excluding carboxylic acids is 1. The van der Waals surface area contributed by atoms with Gasteiger partial charge in [-0.05, 0) is 19.4 Å². The van der Waals surface area contributed by atoms with Crippen LogP contribution in [0.5, 0.6) is 0 Å². The minimum atomic E-state index is -1.14. The Bertz CT molecular complexity index is 527. The average Bonchev–Trinajstić information content (AvgIpc) is 2.35. The van der Waals surface area contributed by atoms with Gasteiger partial charge in [-0.1, -0.05) is 13.0 Å².